The molecule has 1 heterocycles. The van der Waals surface area contributed by atoms with Gasteiger partial charge in [-0.3, -0.25) is 0 Å². The lowest BCUT2D eigenvalue weighted by Crippen LogP contribution is -2.48. The highest BCUT2D eigenvalue weighted by atomic mass is 16.3. The molecule has 0 saturated carbocycles. The van der Waals surface area contributed by atoms with E-state index >= 15 is 0 Å². The number of piperidine rings is 1. The molecular formula is C11H22N2O2. The molecule has 0 aromatic rings. The van der Waals surface area contributed by atoms with E-state index in [1.165, 1.54) is 6.42 Å². The third kappa shape index (κ3) is 4.51. The van der Waals surface area contributed by atoms with Crippen LogP contribution in [0.5, 0.6) is 0 Å². The van der Waals surface area contributed by atoms with Gasteiger partial charge in [-0.15, -0.1) is 0 Å². The molecule has 1 unspecified atom stereocenters. The number of carbonyl (C=O) groups excluding carboxylic acids is 1. The largest absolute Gasteiger partial charge is 0.389 e. The Kier molecular flexibility index (Phi) is 3.97. The van der Waals surface area contributed by atoms with Gasteiger partial charge >= 0.3 is 6.03 Å². The summed E-state index contributed by atoms with van der Waals surface area (Å²) < 4.78 is 0. The van der Waals surface area contributed by atoms with Gasteiger partial charge in [-0.1, -0.05) is 6.92 Å². The Bertz CT molecular complexity index is 223. The molecule has 0 aromatic heterocycles. The summed E-state index contributed by atoms with van der Waals surface area (Å²) in [5, 5.41) is 12.2. The van der Waals surface area contributed by atoms with Crippen LogP contribution in [0.25, 0.3) is 0 Å². The zero-order valence-corrected chi connectivity index (χ0v) is 9.92. The molecule has 1 aliphatic heterocycles. The molecule has 4 heteroatoms. The van der Waals surface area contributed by atoms with Gasteiger partial charge in [0.25, 0.3) is 0 Å². The van der Waals surface area contributed by atoms with Crippen molar-refractivity contribution in [1.82, 2.24) is 10.2 Å². The Morgan fingerprint density at radius 1 is 1.60 bits per heavy atom. The van der Waals surface area contributed by atoms with Crippen molar-refractivity contribution in [3.63, 3.8) is 0 Å². The van der Waals surface area contributed by atoms with Crippen LogP contribution in [0.3, 0.4) is 0 Å². The topological polar surface area (TPSA) is 52.6 Å². The van der Waals surface area contributed by atoms with Crippen molar-refractivity contribution in [1.29, 1.82) is 0 Å². The zero-order chi connectivity index (χ0) is 11.5. The zero-order valence-electron chi connectivity index (χ0n) is 9.92. The quantitative estimate of drug-likeness (QED) is 0.725. The van der Waals surface area contributed by atoms with Crippen molar-refractivity contribution >= 4 is 6.03 Å². The van der Waals surface area contributed by atoms with Crippen molar-refractivity contribution in [2.75, 3.05) is 19.6 Å². The maximum Gasteiger partial charge on any atom is 0.317 e. The predicted octanol–water partition coefficient (Wildman–Crippen LogP) is 1.20. The van der Waals surface area contributed by atoms with E-state index in [9.17, 15) is 9.90 Å². The number of likely N-dealkylation sites (tertiary alicyclic amines) is 1. The molecule has 0 spiro atoms. The highest BCUT2D eigenvalue weighted by Gasteiger charge is 2.22. The van der Waals surface area contributed by atoms with Gasteiger partial charge in [0.2, 0.25) is 0 Å². The number of rotatable bonds is 2. The summed E-state index contributed by atoms with van der Waals surface area (Å²) >= 11 is 0. The minimum absolute atomic E-state index is 0.0522. The van der Waals surface area contributed by atoms with Gasteiger partial charge in [0.1, 0.15) is 0 Å². The number of aliphatic hydroxyl groups is 1. The van der Waals surface area contributed by atoms with Gasteiger partial charge in [-0.25, -0.2) is 4.79 Å². The molecule has 1 rings (SSSR count). The molecule has 1 atom stereocenters. The van der Waals surface area contributed by atoms with Crippen molar-refractivity contribution < 1.29 is 9.90 Å². The molecule has 2 N–H and O–H groups in total. The summed E-state index contributed by atoms with van der Waals surface area (Å²) in [6.45, 7) is 7.50. The van der Waals surface area contributed by atoms with Gasteiger partial charge in [0.05, 0.1) is 5.60 Å². The third-order valence-electron chi connectivity index (χ3n) is 2.62. The first-order valence-electron chi connectivity index (χ1n) is 5.63. The van der Waals surface area contributed by atoms with E-state index in [2.05, 4.69) is 12.2 Å². The number of carbonyl (C=O) groups is 1. The number of urea groups is 1. The molecule has 0 aliphatic carbocycles. The minimum atomic E-state index is -0.836. The number of hydrogen-bond acceptors (Lipinski definition) is 2. The third-order valence-corrected chi connectivity index (χ3v) is 2.62. The van der Waals surface area contributed by atoms with E-state index < -0.39 is 5.60 Å². The summed E-state index contributed by atoms with van der Waals surface area (Å²) in [7, 11) is 0. The molecule has 15 heavy (non-hydrogen) atoms. The van der Waals surface area contributed by atoms with Crippen LogP contribution in [0, 0.1) is 5.92 Å². The van der Waals surface area contributed by atoms with E-state index in [4.69, 9.17) is 0 Å². The van der Waals surface area contributed by atoms with Crippen LogP contribution in [0.15, 0.2) is 0 Å². The Morgan fingerprint density at radius 3 is 2.80 bits per heavy atom. The number of amides is 2. The van der Waals surface area contributed by atoms with Gasteiger partial charge in [0.15, 0.2) is 0 Å². The van der Waals surface area contributed by atoms with Gasteiger partial charge in [-0.05, 0) is 32.6 Å². The molecule has 1 saturated heterocycles. The molecule has 0 bridgehead atoms. The van der Waals surface area contributed by atoms with Crippen LogP contribution >= 0.6 is 0 Å². The summed E-state index contributed by atoms with van der Waals surface area (Å²) in [5.74, 6) is 0.589. The van der Waals surface area contributed by atoms with E-state index in [1.807, 2.05) is 4.90 Å². The first kappa shape index (κ1) is 12.3. The molecule has 4 nitrogen and oxygen atoms in total. The van der Waals surface area contributed by atoms with E-state index in [0.29, 0.717) is 12.5 Å². The molecule has 88 valence electrons. The number of nitrogens with one attached hydrogen (secondary N) is 1. The minimum Gasteiger partial charge on any atom is -0.389 e. The Morgan fingerprint density at radius 2 is 2.27 bits per heavy atom. The molecule has 1 aliphatic rings. The van der Waals surface area contributed by atoms with Crippen LogP contribution in [-0.4, -0.2) is 41.3 Å². The molecule has 1 fully saturated rings. The standard InChI is InChI=1S/C11H22N2O2/c1-9-5-4-6-13(7-9)10(14)12-8-11(2,3)15/h9,15H,4-8H2,1-3H3,(H,12,14). The molecule has 0 aromatic carbocycles. The normalized spacial score (nSPS) is 22.7. The van der Waals surface area contributed by atoms with Crippen molar-refractivity contribution in [3.05, 3.63) is 0 Å². The maximum absolute atomic E-state index is 11.7. The Balaban J connectivity index is 2.33. The molecule has 2 amide bonds. The van der Waals surface area contributed by atoms with Gasteiger partial charge < -0.3 is 15.3 Å². The number of nitrogens with zero attached hydrogens (tertiary/aromatic N) is 1. The van der Waals surface area contributed by atoms with E-state index in [0.717, 1.165) is 19.5 Å². The fraction of sp³-hybridized carbons (Fsp3) is 0.909. The second-order valence-electron chi connectivity index (χ2n) is 5.16. The van der Waals surface area contributed by atoms with Crippen LogP contribution in [0.2, 0.25) is 0 Å². The lowest BCUT2D eigenvalue weighted by molar-refractivity contribution is 0.0783. The summed E-state index contributed by atoms with van der Waals surface area (Å²) in [6.07, 6.45) is 2.28. The second kappa shape index (κ2) is 4.84. The van der Waals surface area contributed by atoms with Crippen molar-refractivity contribution in [2.45, 2.75) is 39.2 Å². The van der Waals surface area contributed by atoms with E-state index in [-0.39, 0.29) is 6.03 Å². The first-order chi connectivity index (χ1) is 6.88. The SMILES string of the molecule is CC1CCCN(C(=O)NCC(C)(C)O)C1. The summed E-state index contributed by atoms with van der Waals surface area (Å²) in [4.78, 5) is 13.5. The van der Waals surface area contributed by atoms with Crippen LogP contribution in [0.1, 0.15) is 33.6 Å². The van der Waals surface area contributed by atoms with Crippen LogP contribution < -0.4 is 5.32 Å². The summed E-state index contributed by atoms with van der Waals surface area (Å²) in [5.41, 5.74) is -0.836. The number of hydrogen-bond donors (Lipinski definition) is 2. The van der Waals surface area contributed by atoms with Crippen LogP contribution in [0.4, 0.5) is 4.79 Å². The molecular weight excluding hydrogens is 192 g/mol. The summed E-state index contributed by atoms with van der Waals surface area (Å²) in [6, 6.07) is -0.0522. The lowest BCUT2D eigenvalue weighted by atomic mass is 10.0. The highest BCUT2D eigenvalue weighted by Crippen LogP contribution is 2.15. The van der Waals surface area contributed by atoms with Gasteiger partial charge in [0, 0.05) is 19.6 Å². The highest BCUT2D eigenvalue weighted by molar-refractivity contribution is 5.74. The van der Waals surface area contributed by atoms with Crippen molar-refractivity contribution in [2.24, 2.45) is 5.92 Å². The average molecular weight is 214 g/mol. The second-order valence-corrected chi connectivity index (χ2v) is 5.16. The smallest absolute Gasteiger partial charge is 0.317 e. The van der Waals surface area contributed by atoms with Crippen molar-refractivity contribution in [3.8, 4) is 0 Å². The van der Waals surface area contributed by atoms with Gasteiger partial charge in [-0.2, -0.15) is 0 Å². The van der Waals surface area contributed by atoms with E-state index in [1.54, 1.807) is 13.8 Å². The lowest BCUT2D eigenvalue weighted by Gasteiger charge is -2.31. The van der Waals surface area contributed by atoms with Crippen LogP contribution in [-0.2, 0) is 0 Å². The maximum atomic E-state index is 11.7. The fourth-order valence-corrected chi connectivity index (χ4v) is 1.78. The Hall–Kier alpha value is -0.770. The monoisotopic (exact) mass is 214 g/mol. The molecule has 0 radical (unpaired) electrons. The fourth-order valence-electron chi connectivity index (χ4n) is 1.78. The predicted molar refractivity (Wildman–Crippen MR) is 59.7 cm³/mol. The first-order valence-corrected chi connectivity index (χ1v) is 5.63. The average Bonchev–Trinajstić information content (AvgIpc) is 2.13. The Labute approximate surface area is 91.6 Å².